The summed E-state index contributed by atoms with van der Waals surface area (Å²) >= 11 is 0. The van der Waals surface area contributed by atoms with Crippen molar-refractivity contribution >= 4 is 28.7 Å². The van der Waals surface area contributed by atoms with E-state index in [1.807, 2.05) is 36.6 Å². The van der Waals surface area contributed by atoms with Crippen molar-refractivity contribution in [1.82, 2.24) is 24.1 Å². The van der Waals surface area contributed by atoms with Gasteiger partial charge in [-0.15, -0.1) is 0 Å². The maximum absolute atomic E-state index is 13.0. The number of carbonyl (C=O) groups is 1. The molecule has 0 spiro atoms. The summed E-state index contributed by atoms with van der Waals surface area (Å²) in [5, 5.41) is 10.4. The fourth-order valence-electron chi connectivity index (χ4n) is 3.57. The maximum atomic E-state index is 13.0. The SMILES string of the molecule is Cc1ccc(N2CC(O)Cn3c2nc2c3c(=O)n(CC(=O)NN)c(=O)n2C)cc1. The summed E-state index contributed by atoms with van der Waals surface area (Å²) in [5.74, 6) is 4.86. The van der Waals surface area contributed by atoms with Crippen LogP contribution in [0.3, 0.4) is 0 Å². The Balaban J connectivity index is 1.97. The Hall–Kier alpha value is -3.44. The molecule has 1 aliphatic heterocycles. The van der Waals surface area contributed by atoms with Crippen LogP contribution in [0.25, 0.3) is 11.2 Å². The maximum Gasteiger partial charge on any atom is 0.332 e. The Bertz CT molecular complexity index is 1220. The molecule has 0 bridgehead atoms. The van der Waals surface area contributed by atoms with E-state index in [1.165, 1.54) is 11.6 Å². The van der Waals surface area contributed by atoms with Gasteiger partial charge in [-0.05, 0) is 19.1 Å². The number of hydrogen-bond donors (Lipinski definition) is 3. The number of benzene rings is 1. The van der Waals surface area contributed by atoms with Gasteiger partial charge in [0.1, 0.15) is 6.54 Å². The molecule has 152 valence electrons. The average molecular weight is 399 g/mol. The quantitative estimate of drug-likeness (QED) is 0.283. The van der Waals surface area contributed by atoms with Crippen molar-refractivity contribution in [3.8, 4) is 0 Å². The van der Waals surface area contributed by atoms with Crippen molar-refractivity contribution in [3.05, 3.63) is 50.7 Å². The largest absolute Gasteiger partial charge is 0.389 e. The summed E-state index contributed by atoms with van der Waals surface area (Å²) in [6.07, 6.45) is -0.751. The molecule has 1 aromatic carbocycles. The highest BCUT2D eigenvalue weighted by atomic mass is 16.3. The molecule has 3 heterocycles. The fraction of sp³-hybridized carbons (Fsp3) is 0.333. The zero-order valence-electron chi connectivity index (χ0n) is 16.0. The molecule has 0 radical (unpaired) electrons. The summed E-state index contributed by atoms with van der Waals surface area (Å²) in [5.41, 5.74) is 2.79. The molecule has 0 fully saturated rings. The number of β-amino-alcohol motifs (C(OH)–C–C–N with tert-alkyl or cyclic N) is 1. The van der Waals surface area contributed by atoms with Crippen LogP contribution in [-0.2, 0) is 24.9 Å². The molecule has 11 heteroatoms. The third-order valence-corrected chi connectivity index (χ3v) is 5.05. The number of rotatable bonds is 3. The number of aliphatic hydroxyl groups excluding tert-OH is 1. The second kappa shape index (κ2) is 6.87. The first-order valence-electron chi connectivity index (χ1n) is 9.03. The molecule has 1 aliphatic rings. The summed E-state index contributed by atoms with van der Waals surface area (Å²) in [4.78, 5) is 43.7. The smallest absolute Gasteiger partial charge is 0.332 e. The number of nitrogens with one attached hydrogen (secondary N) is 1. The van der Waals surface area contributed by atoms with Crippen molar-refractivity contribution in [2.75, 3.05) is 11.4 Å². The molecule has 29 heavy (non-hydrogen) atoms. The number of hydrazine groups is 1. The van der Waals surface area contributed by atoms with Crippen LogP contribution < -0.4 is 27.4 Å². The number of nitrogens with zero attached hydrogens (tertiary/aromatic N) is 5. The molecule has 4 rings (SSSR count). The standard InChI is InChI=1S/C18H21N7O4/c1-10-3-5-11(6-4-10)23-7-12(26)8-24-14-15(20-17(23)24)22(2)18(29)25(16(14)28)9-13(27)21-19/h3-6,12,26H,7-9,19H2,1-2H3,(H,21,27). The van der Waals surface area contributed by atoms with Crippen LogP contribution in [0.4, 0.5) is 11.6 Å². The van der Waals surface area contributed by atoms with Gasteiger partial charge in [-0.2, -0.15) is 4.98 Å². The van der Waals surface area contributed by atoms with Crippen LogP contribution in [0.1, 0.15) is 5.56 Å². The van der Waals surface area contributed by atoms with Gasteiger partial charge in [-0.3, -0.25) is 19.6 Å². The van der Waals surface area contributed by atoms with Crippen LogP contribution in [0.15, 0.2) is 33.9 Å². The van der Waals surface area contributed by atoms with E-state index in [-0.39, 0.29) is 17.7 Å². The minimum absolute atomic E-state index is 0.141. The van der Waals surface area contributed by atoms with Crippen molar-refractivity contribution in [1.29, 1.82) is 0 Å². The van der Waals surface area contributed by atoms with Crippen LogP contribution >= 0.6 is 0 Å². The Kier molecular flexibility index (Phi) is 4.47. The number of aromatic nitrogens is 4. The minimum atomic E-state index is -0.751. The highest BCUT2D eigenvalue weighted by molar-refractivity contribution is 5.78. The Morgan fingerprint density at radius 1 is 1.28 bits per heavy atom. The lowest BCUT2D eigenvalue weighted by Crippen LogP contribution is -2.45. The van der Waals surface area contributed by atoms with Crippen molar-refractivity contribution in [2.24, 2.45) is 12.9 Å². The van der Waals surface area contributed by atoms with Gasteiger partial charge in [0.15, 0.2) is 11.2 Å². The van der Waals surface area contributed by atoms with E-state index in [2.05, 4.69) is 4.98 Å². The highest BCUT2D eigenvalue weighted by Crippen LogP contribution is 2.31. The lowest BCUT2D eigenvalue weighted by molar-refractivity contribution is -0.121. The van der Waals surface area contributed by atoms with E-state index in [1.54, 1.807) is 9.47 Å². The summed E-state index contributed by atoms with van der Waals surface area (Å²) < 4.78 is 3.60. The summed E-state index contributed by atoms with van der Waals surface area (Å²) in [6.45, 7) is 1.90. The molecule has 0 saturated carbocycles. The third kappa shape index (κ3) is 3.00. The number of aliphatic hydroxyl groups is 1. The van der Waals surface area contributed by atoms with E-state index in [0.717, 1.165) is 15.8 Å². The third-order valence-electron chi connectivity index (χ3n) is 5.05. The van der Waals surface area contributed by atoms with Crippen molar-refractivity contribution in [3.63, 3.8) is 0 Å². The van der Waals surface area contributed by atoms with Crippen molar-refractivity contribution < 1.29 is 9.90 Å². The highest BCUT2D eigenvalue weighted by Gasteiger charge is 2.30. The fourth-order valence-corrected chi connectivity index (χ4v) is 3.57. The number of amides is 1. The normalized spacial score (nSPS) is 16.1. The van der Waals surface area contributed by atoms with E-state index in [9.17, 15) is 19.5 Å². The van der Waals surface area contributed by atoms with Gasteiger partial charge in [0.25, 0.3) is 11.5 Å². The van der Waals surface area contributed by atoms with Gasteiger partial charge in [-0.25, -0.2) is 15.2 Å². The molecule has 4 N–H and O–H groups in total. The van der Waals surface area contributed by atoms with E-state index in [0.29, 0.717) is 12.5 Å². The van der Waals surface area contributed by atoms with Gasteiger partial charge >= 0.3 is 5.69 Å². The van der Waals surface area contributed by atoms with E-state index < -0.39 is 29.8 Å². The lowest BCUT2D eigenvalue weighted by atomic mass is 10.2. The summed E-state index contributed by atoms with van der Waals surface area (Å²) in [7, 11) is 1.48. The van der Waals surface area contributed by atoms with Gasteiger partial charge in [0, 0.05) is 12.7 Å². The number of hydrogen-bond acceptors (Lipinski definition) is 7. The number of imidazole rings is 1. The van der Waals surface area contributed by atoms with Gasteiger partial charge in [0.05, 0.1) is 19.2 Å². The Morgan fingerprint density at radius 2 is 1.97 bits per heavy atom. The second-order valence-electron chi connectivity index (χ2n) is 7.10. The van der Waals surface area contributed by atoms with Crippen molar-refractivity contribution in [2.45, 2.75) is 26.1 Å². The van der Waals surface area contributed by atoms with Crippen LogP contribution in [0.5, 0.6) is 0 Å². The van der Waals surface area contributed by atoms with Crippen LogP contribution in [0, 0.1) is 6.92 Å². The number of carbonyl (C=O) groups excluding carboxylic acids is 1. The number of nitrogens with two attached hydrogens (primary N) is 1. The Labute approximate surface area is 164 Å². The molecular formula is C18H21N7O4. The number of anilines is 2. The van der Waals surface area contributed by atoms with Gasteiger partial charge in [-0.1, -0.05) is 17.7 Å². The van der Waals surface area contributed by atoms with E-state index in [4.69, 9.17) is 5.84 Å². The first-order valence-corrected chi connectivity index (χ1v) is 9.03. The zero-order chi connectivity index (χ0) is 20.9. The van der Waals surface area contributed by atoms with Crippen LogP contribution in [-0.4, -0.2) is 42.3 Å². The first kappa shape index (κ1) is 18.9. The average Bonchev–Trinajstić information content (AvgIpc) is 3.09. The number of fused-ring (bicyclic) bond motifs is 3. The van der Waals surface area contributed by atoms with E-state index >= 15 is 0 Å². The molecule has 0 saturated heterocycles. The molecule has 1 atom stereocenters. The molecular weight excluding hydrogens is 378 g/mol. The Morgan fingerprint density at radius 3 is 2.62 bits per heavy atom. The van der Waals surface area contributed by atoms with Gasteiger partial charge in [0.2, 0.25) is 5.95 Å². The van der Waals surface area contributed by atoms with Crippen LogP contribution in [0.2, 0.25) is 0 Å². The molecule has 2 aromatic heterocycles. The minimum Gasteiger partial charge on any atom is -0.389 e. The zero-order valence-corrected chi connectivity index (χ0v) is 16.0. The first-order chi connectivity index (χ1) is 13.8. The molecule has 0 aliphatic carbocycles. The summed E-state index contributed by atoms with van der Waals surface area (Å²) in [6, 6.07) is 7.69. The predicted molar refractivity (Wildman–Crippen MR) is 106 cm³/mol. The molecule has 1 unspecified atom stereocenters. The lowest BCUT2D eigenvalue weighted by Gasteiger charge is -2.32. The van der Waals surface area contributed by atoms with Gasteiger partial charge < -0.3 is 14.6 Å². The number of aryl methyl sites for hydroxylation is 2. The second-order valence-corrected chi connectivity index (χ2v) is 7.10. The molecule has 1 amide bonds. The molecule has 11 nitrogen and oxygen atoms in total. The topological polar surface area (TPSA) is 140 Å². The predicted octanol–water partition coefficient (Wildman–Crippen LogP) is -1.29. The monoisotopic (exact) mass is 399 g/mol. The molecule has 3 aromatic rings.